The molecule has 3 amide bonds. The number of benzene rings is 14. The van der Waals surface area contributed by atoms with E-state index in [0.29, 0.717) is 91.0 Å². The highest BCUT2D eigenvalue weighted by Crippen LogP contribution is 2.53. The van der Waals surface area contributed by atoms with E-state index < -0.39 is 37.4 Å². The predicted octanol–water partition coefficient (Wildman–Crippen LogP) is 21.6. The fourth-order valence-corrected chi connectivity index (χ4v) is 16.6. The van der Waals surface area contributed by atoms with Crippen LogP contribution in [0.3, 0.4) is 0 Å². The number of aliphatic hydroxyl groups excluding tert-OH is 3. The van der Waals surface area contributed by atoms with E-state index in [1.165, 1.54) is 54.6 Å². The quantitative estimate of drug-likeness (QED) is 0.0132. The van der Waals surface area contributed by atoms with E-state index in [9.17, 15) is 58.2 Å². The van der Waals surface area contributed by atoms with Crippen molar-refractivity contribution >= 4 is 63.3 Å². The molecule has 23 heteroatoms. The Morgan fingerprint density at radius 2 is 0.672 bits per heavy atom. The molecule has 3 fully saturated rings. The fraction of sp³-hybridized carbons (Fsp3) is 0.171. The average molecular weight is 1800 g/mol. The van der Waals surface area contributed by atoms with Crippen molar-refractivity contribution in [2.45, 2.75) is 95.6 Å². The summed E-state index contributed by atoms with van der Waals surface area (Å²) < 4.78 is 63.6. The van der Waals surface area contributed by atoms with E-state index in [2.05, 4.69) is 15.9 Å². The second-order valence-corrected chi connectivity index (χ2v) is 32.0. The minimum atomic E-state index is -1.51. The zero-order valence-corrected chi connectivity index (χ0v) is 70.3. The average Bonchev–Trinajstić information content (AvgIpc) is 0.741. The summed E-state index contributed by atoms with van der Waals surface area (Å²) in [5.74, 6) is -0.553. The molecular weight excluding hydrogens is 1690 g/mol. The molecule has 3 heterocycles. The lowest BCUT2D eigenvalue weighted by Gasteiger charge is -2.48. The maximum absolute atomic E-state index is 13.7. The zero-order chi connectivity index (χ0) is 90.3. The molecule has 3 aliphatic heterocycles. The molecule has 14 aromatic carbocycles. The summed E-state index contributed by atoms with van der Waals surface area (Å²) in [7, 11) is -1.51. The molecule has 0 aromatic heterocycles. The standard InChI is InChI=1S/C37H32FNO4.C31H27BrFNO3.C30H26FNO4.C6H7BO3.CH4.FH.H2/c38-29-17-14-26(15-18-29)34(41)21-20-33-36(39(37(33)42)30-11-5-2-6-12-30)32-19-16-28(27-10-7-13-31(40)22-27)23-35(32)43-24-25-8-3-1-4-9-25;32-23-13-16-26(29(19-23)37-20-21-7-3-1-4-8-21)30-27(31(36)34(30)25-9-5-2-6-10-25)17-18-28(35)22-11-14-24(33)15-12-22;31-22-12-9-19(10-13-22)27(34)16-15-26-29(32(30(26)36)23-6-2-1-3-7-23)25-14-11-21(18-28(25)35)20-5-4-8-24(33)17-20;8-6-3-1-2-5(4-6)7(9)10;;;/h1-19,22-23,33-34,36,40-41H,20-21,24H2;1-16,19,27-28,30,35H,17-18,20H2;1-14,17-18,26-27,29,33-35H,15-16H2;1-4,8-10H;1H4;2*1H/t33-,34+,36-;27-,28+,30-;26-,27+,29-;;;;/m111..../s1/i;;;;;;1+1D. The van der Waals surface area contributed by atoms with Crippen LogP contribution in [0.15, 0.2) is 356 Å². The second kappa shape index (κ2) is 44.0. The molecule has 128 heavy (non-hydrogen) atoms. The molecule has 3 aliphatic rings. The number of phenols is 4. The van der Waals surface area contributed by atoms with Crippen LogP contribution in [-0.4, -0.2) is 70.6 Å². The zero-order valence-electron chi connectivity index (χ0n) is 70.7. The number of halogens is 5. The maximum atomic E-state index is 13.7. The van der Waals surface area contributed by atoms with Gasteiger partial charge in [-0.25, -0.2) is 13.2 Å². The highest BCUT2D eigenvalue weighted by Gasteiger charge is 2.52. The van der Waals surface area contributed by atoms with Crippen LogP contribution in [0.5, 0.6) is 34.5 Å². The van der Waals surface area contributed by atoms with Gasteiger partial charge in [-0.3, -0.25) is 19.1 Å². The highest BCUT2D eigenvalue weighted by atomic mass is 79.9. The molecule has 0 aliphatic carbocycles. The Kier molecular flexibility index (Phi) is 31.6. The van der Waals surface area contributed by atoms with Gasteiger partial charge in [-0.15, -0.1) is 0 Å². The smallest absolute Gasteiger partial charge is 0.488 e. The number of para-hydroxylation sites is 3. The highest BCUT2D eigenvalue weighted by molar-refractivity contribution is 9.10. The van der Waals surface area contributed by atoms with Gasteiger partial charge in [0.2, 0.25) is 17.7 Å². The summed E-state index contributed by atoms with van der Waals surface area (Å²) in [5, 5.41) is 89.2. The Hall–Kier alpha value is -13.6. The predicted molar refractivity (Wildman–Crippen MR) is 496 cm³/mol. The Labute approximate surface area is 752 Å². The number of carbonyl (C=O) groups is 3. The molecule has 0 radical (unpaired) electrons. The van der Waals surface area contributed by atoms with Crippen LogP contribution in [0.1, 0.15) is 130 Å². The number of phenolic OH excluding ortho intramolecular Hbond substituents is 4. The molecule has 0 saturated carbocycles. The molecule has 14 aromatic rings. The van der Waals surface area contributed by atoms with Crippen LogP contribution in [0.25, 0.3) is 22.3 Å². The van der Waals surface area contributed by atoms with Crippen LogP contribution < -0.4 is 29.6 Å². The summed E-state index contributed by atoms with van der Waals surface area (Å²) in [6.45, 7) is 0.752. The van der Waals surface area contributed by atoms with Crippen LogP contribution in [-0.2, 0) is 27.6 Å². The number of amides is 3. The number of nitrogens with zero attached hydrogens (tertiary/aromatic N) is 3. The first kappa shape index (κ1) is 92.0. The summed E-state index contributed by atoms with van der Waals surface area (Å²) in [4.78, 5) is 45.7. The van der Waals surface area contributed by atoms with Gasteiger partial charge in [0.15, 0.2) is 0 Å². The Balaban J connectivity index is 0.000000176. The first-order chi connectivity index (χ1) is 62.1. The number of ether oxygens (including phenoxy) is 2. The Morgan fingerprint density at radius 1 is 0.359 bits per heavy atom. The Bertz CT molecular complexity index is 6000. The molecule has 17 nitrogen and oxygen atoms in total. The normalized spacial score (nSPS) is 16.7. The first-order valence-corrected chi connectivity index (χ1v) is 42.2. The van der Waals surface area contributed by atoms with E-state index in [-0.39, 0.29) is 94.2 Å². The monoisotopic (exact) mass is 1790 g/mol. The fourth-order valence-electron chi connectivity index (χ4n) is 16.2. The van der Waals surface area contributed by atoms with Gasteiger partial charge >= 0.3 is 7.12 Å². The molecule has 656 valence electrons. The number of β-lactam (4-membered cyclic amide) rings is 3. The van der Waals surface area contributed by atoms with Crippen LogP contribution in [0.2, 0.25) is 0 Å². The molecule has 0 spiro atoms. The summed E-state index contributed by atoms with van der Waals surface area (Å²) >= 11 is 3.56. The lowest BCUT2D eigenvalue weighted by atomic mass is 9.77. The second-order valence-electron chi connectivity index (χ2n) is 31.0. The lowest BCUT2D eigenvalue weighted by molar-refractivity contribution is -0.131. The van der Waals surface area contributed by atoms with Crippen molar-refractivity contribution in [3.8, 4) is 56.8 Å². The summed E-state index contributed by atoms with van der Waals surface area (Å²) in [6, 6.07) is 102. The number of anilines is 3. The van der Waals surface area contributed by atoms with E-state index in [4.69, 9.17) is 27.6 Å². The molecule has 9 atom stereocenters. The van der Waals surface area contributed by atoms with Crippen molar-refractivity contribution in [2.24, 2.45) is 17.8 Å². The molecule has 0 unspecified atom stereocenters. The first-order valence-electron chi connectivity index (χ1n) is 42.4. The van der Waals surface area contributed by atoms with Crippen LogP contribution in [0.4, 0.5) is 34.9 Å². The molecular formula is C105H99BBrF4N3O14. The van der Waals surface area contributed by atoms with E-state index in [1.54, 1.807) is 94.7 Å². The van der Waals surface area contributed by atoms with E-state index in [0.717, 1.165) is 66.0 Å². The SMILES string of the molecule is C.F.O=C1[C@H](CC[C@H](O)c2ccc(F)cc2)[C@@H](c2ccc(-c3cccc(O)c3)cc2O)N1c1ccccc1.O=C1[C@H](CC[C@H](O)c2ccc(F)cc2)[C@@H](c2ccc(-c3cccc(O)c3)cc2OCc2ccccc2)N1c1ccccc1.O=C1[C@H](CC[C@H](O)c2ccc(F)cc2)[C@@H](c2ccc(Br)cc2OCc2ccccc2)N1c1ccccc1.OB(O)c1cccc(O)c1.[2H][2H]. The van der Waals surface area contributed by atoms with Gasteiger partial charge in [-0.2, -0.15) is 0 Å². The number of rotatable bonds is 27. The minimum absolute atomic E-state index is 0. The van der Waals surface area contributed by atoms with Crippen molar-refractivity contribution in [1.82, 2.24) is 0 Å². The third-order valence-electron chi connectivity index (χ3n) is 22.7. The van der Waals surface area contributed by atoms with Gasteiger partial charge < -0.3 is 70.0 Å². The maximum Gasteiger partial charge on any atom is 0.488 e. The van der Waals surface area contributed by atoms with Crippen molar-refractivity contribution in [1.29, 1.82) is 0 Å². The van der Waals surface area contributed by atoms with E-state index >= 15 is 0 Å². The van der Waals surface area contributed by atoms with Crippen molar-refractivity contribution < 1.29 is 90.5 Å². The molecule has 17 rings (SSSR count). The van der Waals surface area contributed by atoms with Gasteiger partial charge in [0.1, 0.15) is 65.2 Å². The van der Waals surface area contributed by atoms with Crippen LogP contribution in [0, 0.1) is 35.2 Å². The number of hydrogen-bond donors (Lipinski definition) is 9. The topological polar surface area (TPSA) is 261 Å². The van der Waals surface area contributed by atoms with Gasteiger partial charge in [-0.05, 0) is 228 Å². The van der Waals surface area contributed by atoms with E-state index in [1.807, 2.05) is 217 Å². The number of hydrogen-bond acceptors (Lipinski definition) is 14. The van der Waals surface area contributed by atoms with Crippen LogP contribution >= 0.6 is 15.9 Å². The summed E-state index contributed by atoms with van der Waals surface area (Å²) in [5.41, 5.74) is 12.2. The largest absolute Gasteiger partial charge is 0.508 e. The van der Waals surface area contributed by atoms with Crippen molar-refractivity contribution in [3.05, 3.63) is 418 Å². The number of aliphatic hydroxyl groups is 3. The summed E-state index contributed by atoms with van der Waals surface area (Å²) in [6.07, 6.45) is -0.0349. The lowest BCUT2D eigenvalue weighted by Crippen LogP contribution is -2.55. The van der Waals surface area contributed by atoms with Crippen molar-refractivity contribution in [2.75, 3.05) is 14.7 Å². The van der Waals surface area contributed by atoms with Crippen molar-refractivity contribution in [3.63, 3.8) is 0 Å². The van der Waals surface area contributed by atoms with Gasteiger partial charge in [0, 0.05) is 41.2 Å². The molecule has 0 bridgehead atoms. The van der Waals surface area contributed by atoms with Gasteiger partial charge in [0.25, 0.3) is 0 Å². The third kappa shape index (κ3) is 23.0. The molecule has 3 saturated heterocycles. The third-order valence-corrected chi connectivity index (χ3v) is 23.2. The Morgan fingerprint density at radius 3 is 1.02 bits per heavy atom. The number of carbonyl (C=O) groups excluding carboxylic acids is 3. The molecule has 9 N–H and O–H groups in total. The number of aromatic hydroxyl groups is 4. The van der Waals surface area contributed by atoms with Gasteiger partial charge in [0.05, 0.1) is 54.2 Å². The van der Waals surface area contributed by atoms with Gasteiger partial charge in [-0.1, -0.05) is 242 Å². The minimum Gasteiger partial charge on any atom is -0.508 e.